The average Bonchev–Trinajstić information content (AvgIpc) is 3.29. The standard InChI is InChI=1S/C16H18N4O3S/c21-12(17-16-19-18-13(24-16)9-5-6-9)7-8-20-14(22)10-3-1-2-4-11(10)15(20)23/h1-2,9-11H,3-8H2,(H,17,19,21)/t10-,11-/m1/s1. The summed E-state index contributed by atoms with van der Waals surface area (Å²) >= 11 is 1.40. The molecule has 1 aliphatic heterocycles. The molecule has 0 unspecified atom stereocenters. The van der Waals surface area contributed by atoms with Gasteiger partial charge in [0.05, 0.1) is 11.8 Å². The minimum absolute atomic E-state index is 0.0860. The molecular weight excluding hydrogens is 328 g/mol. The monoisotopic (exact) mass is 346 g/mol. The molecule has 1 saturated carbocycles. The predicted molar refractivity (Wildman–Crippen MR) is 87.2 cm³/mol. The number of carbonyl (C=O) groups is 3. The molecule has 1 N–H and O–H groups in total. The van der Waals surface area contributed by atoms with Crippen LogP contribution in [0.5, 0.6) is 0 Å². The van der Waals surface area contributed by atoms with Crippen molar-refractivity contribution in [2.24, 2.45) is 11.8 Å². The molecular formula is C16H18N4O3S. The minimum atomic E-state index is -0.248. The lowest BCUT2D eigenvalue weighted by Gasteiger charge is -2.14. The predicted octanol–water partition coefficient (Wildman–Crippen LogP) is 1.70. The molecule has 2 fully saturated rings. The molecule has 2 aliphatic carbocycles. The largest absolute Gasteiger partial charge is 0.300 e. The number of fused-ring (bicyclic) bond motifs is 1. The summed E-state index contributed by atoms with van der Waals surface area (Å²) in [7, 11) is 0. The number of hydrogen-bond donors (Lipinski definition) is 1. The van der Waals surface area contributed by atoms with Gasteiger partial charge in [-0.3, -0.25) is 19.3 Å². The summed E-state index contributed by atoms with van der Waals surface area (Å²) in [6, 6.07) is 0. The average molecular weight is 346 g/mol. The van der Waals surface area contributed by atoms with Gasteiger partial charge < -0.3 is 5.32 Å². The molecule has 7 nitrogen and oxygen atoms in total. The maximum atomic E-state index is 12.3. The summed E-state index contributed by atoms with van der Waals surface area (Å²) in [4.78, 5) is 38.0. The summed E-state index contributed by atoms with van der Waals surface area (Å²) in [6.07, 6.45) is 7.50. The number of rotatable bonds is 5. The van der Waals surface area contributed by atoms with Crippen LogP contribution in [-0.4, -0.2) is 39.4 Å². The van der Waals surface area contributed by atoms with Crippen molar-refractivity contribution in [1.29, 1.82) is 0 Å². The number of allylic oxidation sites excluding steroid dienone is 2. The highest BCUT2D eigenvalue weighted by Crippen LogP contribution is 2.42. The molecule has 2 atom stereocenters. The second-order valence-corrected chi connectivity index (χ2v) is 7.51. The van der Waals surface area contributed by atoms with Crippen LogP contribution in [0, 0.1) is 11.8 Å². The van der Waals surface area contributed by atoms with Crippen molar-refractivity contribution in [2.45, 2.75) is 38.0 Å². The van der Waals surface area contributed by atoms with Gasteiger partial charge in [-0.05, 0) is 25.7 Å². The molecule has 126 valence electrons. The number of carbonyl (C=O) groups excluding carboxylic acids is 3. The number of amides is 3. The zero-order valence-corrected chi connectivity index (χ0v) is 13.9. The maximum absolute atomic E-state index is 12.3. The van der Waals surface area contributed by atoms with Crippen LogP contribution in [0.2, 0.25) is 0 Å². The van der Waals surface area contributed by atoms with Gasteiger partial charge in [0.1, 0.15) is 5.01 Å². The summed E-state index contributed by atoms with van der Waals surface area (Å²) in [6.45, 7) is 0.130. The van der Waals surface area contributed by atoms with E-state index in [0.717, 1.165) is 17.8 Å². The second-order valence-electron chi connectivity index (χ2n) is 6.50. The Morgan fingerprint density at radius 3 is 2.46 bits per heavy atom. The first-order valence-electron chi connectivity index (χ1n) is 8.27. The van der Waals surface area contributed by atoms with E-state index < -0.39 is 0 Å². The van der Waals surface area contributed by atoms with E-state index in [9.17, 15) is 14.4 Å². The number of hydrogen-bond acceptors (Lipinski definition) is 6. The van der Waals surface area contributed by atoms with Crippen molar-refractivity contribution in [2.75, 3.05) is 11.9 Å². The third-order valence-electron chi connectivity index (χ3n) is 4.77. The van der Waals surface area contributed by atoms with Gasteiger partial charge in [-0.2, -0.15) is 0 Å². The second kappa shape index (κ2) is 6.08. The highest BCUT2D eigenvalue weighted by Gasteiger charge is 2.46. The Kier molecular flexibility index (Phi) is 3.91. The van der Waals surface area contributed by atoms with Gasteiger partial charge in [-0.15, -0.1) is 10.2 Å². The van der Waals surface area contributed by atoms with Gasteiger partial charge in [0, 0.05) is 18.9 Å². The van der Waals surface area contributed by atoms with Crippen molar-refractivity contribution in [3.8, 4) is 0 Å². The molecule has 1 aromatic heterocycles. The van der Waals surface area contributed by atoms with E-state index in [1.807, 2.05) is 12.2 Å². The van der Waals surface area contributed by atoms with Crippen LogP contribution in [0.25, 0.3) is 0 Å². The Balaban J connectivity index is 1.31. The van der Waals surface area contributed by atoms with Gasteiger partial charge >= 0.3 is 0 Å². The lowest BCUT2D eigenvalue weighted by atomic mass is 9.85. The highest BCUT2D eigenvalue weighted by molar-refractivity contribution is 7.15. The molecule has 24 heavy (non-hydrogen) atoms. The molecule has 0 radical (unpaired) electrons. The Morgan fingerprint density at radius 2 is 1.83 bits per heavy atom. The molecule has 1 aromatic rings. The molecule has 3 amide bonds. The van der Waals surface area contributed by atoms with Gasteiger partial charge in [0.15, 0.2) is 0 Å². The van der Waals surface area contributed by atoms with Crippen LogP contribution < -0.4 is 5.32 Å². The third kappa shape index (κ3) is 2.86. The summed E-state index contributed by atoms with van der Waals surface area (Å²) in [5.41, 5.74) is 0. The molecule has 0 aromatic carbocycles. The van der Waals surface area contributed by atoms with Crippen molar-refractivity contribution in [1.82, 2.24) is 15.1 Å². The quantitative estimate of drug-likeness (QED) is 0.647. The number of likely N-dealkylation sites (tertiary alicyclic amines) is 1. The van der Waals surface area contributed by atoms with Crippen LogP contribution in [-0.2, 0) is 14.4 Å². The van der Waals surface area contributed by atoms with E-state index in [1.165, 1.54) is 16.2 Å². The fourth-order valence-electron chi connectivity index (χ4n) is 3.26. The van der Waals surface area contributed by atoms with E-state index in [0.29, 0.717) is 23.9 Å². The van der Waals surface area contributed by atoms with Crippen LogP contribution in [0.3, 0.4) is 0 Å². The summed E-state index contributed by atoms with van der Waals surface area (Å²) in [5, 5.41) is 12.2. The van der Waals surface area contributed by atoms with Crippen molar-refractivity contribution >= 4 is 34.2 Å². The Bertz CT molecular complexity index is 699. The first kappa shape index (κ1) is 15.4. The molecule has 8 heteroatoms. The van der Waals surface area contributed by atoms with Crippen molar-refractivity contribution < 1.29 is 14.4 Å². The number of nitrogens with one attached hydrogen (secondary N) is 1. The first-order valence-corrected chi connectivity index (χ1v) is 9.08. The highest BCUT2D eigenvalue weighted by atomic mass is 32.1. The first-order chi connectivity index (χ1) is 11.6. The summed E-state index contributed by atoms with van der Waals surface area (Å²) < 4.78 is 0. The number of nitrogens with zero attached hydrogens (tertiary/aromatic N) is 3. The van der Waals surface area contributed by atoms with E-state index in [-0.39, 0.29) is 42.5 Å². The lowest BCUT2D eigenvalue weighted by Crippen LogP contribution is -2.34. The molecule has 0 bridgehead atoms. The van der Waals surface area contributed by atoms with E-state index in [1.54, 1.807) is 0 Å². The Morgan fingerprint density at radius 1 is 1.17 bits per heavy atom. The smallest absolute Gasteiger partial charge is 0.233 e. The van der Waals surface area contributed by atoms with Gasteiger partial charge in [-0.1, -0.05) is 23.5 Å². The van der Waals surface area contributed by atoms with Crippen LogP contribution in [0.1, 0.15) is 43.0 Å². The molecule has 0 spiro atoms. The normalized spacial score (nSPS) is 25.9. The zero-order valence-electron chi connectivity index (χ0n) is 13.1. The Labute approximate surface area is 143 Å². The van der Waals surface area contributed by atoms with E-state index in [2.05, 4.69) is 15.5 Å². The van der Waals surface area contributed by atoms with Crippen molar-refractivity contribution in [3.63, 3.8) is 0 Å². The zero-order chi connectivity index (χ0) is 16.7. The van der Waals surface area contributed by atoms with Crippen molar-refractivity contribution in [3.05, 3.63) is 17.2 Å². The van der Waals surface area contributed by atoms with E-state index >= 15 is 0 Å². The number of anilines is 1. The molecule has 3 aliphatic rings. The summed E-state index contributed by atoms with van der Waals surface area (Å²) in [5.74, 6) is -0.514. The van der Waals surface area contributed by atoms with Crippen LogP contribution in [0.15, 0.2) is 12.2 Å². The van der Waals surface area contributed by atoms with E-state index in [4.69, 9.17) is 0 Å². The molecule has 2 heterocycles. The van der Waals surface area contributed by atoms with Crippen LogP contribution in [0.4, 0.5) is 5.13 Å². The van der Waals surface area contributed by atoms with Gasteiger partial charge in [-0.25, -0.2) is 0 Å². The minimum Gasteiger partial charge on any atom is -0.300 e. The SMILES string of the molecule is O=C(CCN1C(=O)[C@@H]2CC=CC[C@H]2C1=O)Nc1nnc(C2CC2)s1. The van der Waals surface area contributed by atoms with Gasteiger partial charge in [0.2, 0.25) is 22.9 Å². The van der Waals surface area contributed by atoms with Gasteiger partial charge in [0.25, 0.3) is 0 Å². The third-order valence-corrected chi connectivity index (χ3v) is 5.78. The Hall–Kier alpha value is -2.09. The lowest BCUT2D eigenvalue weighted by molar-refractivity contribution is -0.140. The molecule has 1 saturated heterocycles. The topological polar surface area (TPSA) is 92.3 Å². The molecule has 4 rings (SSSR count). The number of aromatic nitrogens is 2. The maximum Gasteiger partial charge on any atom is 0.233 e. The fourth-order valence-corrected chi connectivity index (χ4v) is 4.19. The number of imide groups is 1. The van der Waals surface area contributed by atoms with Crippen LogP contribution >= 0.6 is 11.3 Å². The fraction of sp³-hybridized carbons (Fsp3) is 0.562.